The molecule has 0 aliphatic carbocycles. The van der Waals surface area contributed by atoms with E-state index in [9.17, 15) is 19.2 Å². The molecule has 0 saturated carbocycles. The number of anilines is 1. The van der Waals surface area contributed by atoms with Crippen molar-refractivity contribution in [2.24, 2.45) is 0 Å². The van der Waals surface area contributed by atoms with Gasteiger partial charge in [0, 0.05) is 11.9 Å². The average molecular weight is 319 g/mol. The van der Waals surface area contributed by atoms with Crippen molar-refractivity contribution in [3.63, 3.8) is 0 Å². The minimum Gasteiger partial charge on any atom is -0.497 e. The van der Waals surface area contributed by atoms with Gasteiger partial charge < -0.3 is 19.8 Å². The van der Waals surface area contributed by atoms with Gasteiger partial charge in [0.1, 0.15) is 11.3 Å². The molecule has 2 rings (SSSR count). The molecule has 0 aliphatic heterocycles. The number of nitrogens with one attached hydrogen (secondary N) is 3. The number of hydrogen-bond acceptors (Lipinski definition) is 6. The maximum atomic E-state index is 11.7. The van der Waals surface area contributed by atoms with Crippen LogP contribution in [0.4, 0.5) is 5.69 Å². The van der Waals surface area contributed by atoms with Gasteiger partial charge in [-0.1, -0.05) is 0 Å². The minimum atomic E-state index is -1.02. The largest absolute Gasteiger partial charge is 0.497 e. The lowest BCUT2D eigenvalue weighted by Gasteiger charge is -2.07. The molecule has 0 radical (unpaired) electrons. The van der Waals surface area contributed by atoms with Crippen molar-refractivity contribution < 1.29 is 19.1 Å². The topological polar surface area (TPSA) is 130 Å². The van der Waals surface area contributed by atoms with Crippen LogP contribution in [0.3, 0.4) is 0 Å². The van der Waals surface area contributed by atoms with Gasteiger partial charge in [0.25, 0.3) is 11.5 Å². The second-order valence-corrected chi connectivity index (χ2v) is 4.34. The van der Waals surface area contributed by atoms with Crippen LogP contribution in [-0.4, -0.2) is 35.6 Å². The number of aromatic nitrogens is 2. The molecule has 120 valence electrons. The number of carbonyl (C=O) groups is 2. The molecule has 0 bridgehead atoms. The zero-order chi connectivity index (χ0) is 16.8. The predicted molar refractivity (Wildman–Crippen MR) is 79.6 cm³/mol. The van der Waals surface area contributed by atoms with Gasteiger partial charge in [-0.25, -0.2) is 9.59 Å². The van der Waals surface area contributed by atoms with Crippen LogP contribution in [0.1, 0.15) is 10.4 Å². The first kappa shape index (κ1) is 16.0. The Labute approximate surface area is 129 Å². The number of methoxy groups -OCH3 is 1. The number of amides is 1. The highest BCUT2D eigenvalue weighted by Crippen LogP contribution is 2.14. The van der Waals surface area contributed by atoms with E-state index in [0.717, 1.165) is 6.20 Å². The predicted octanol–water partition coefficient (Wildman–Crippen LogP) is -0.133. The van der Waals surface area contributed by atoms with Gasteiger partial charge in [0.05, 0.1) is 7.11 Å². The van der Waals surface area contributed by atoms with Crippen LogP contribution in [0.2, 0.25) is 0 Å². The molecule has 1 amide bonds. The average Bonchev–Trinajstić information content (AvgIpc) is 2.53. The Morgan fingerprint density at radius 1 is 1.17 bits per heavy atom. The van der Waals surface area contributed by atoms with E-state index >= 15 is 0 Å². The normalized spacial score (nSPS) is 9.96. The molecule has 2 aromatic rings. The summed E-state index contributed by atoms with van der Waals surface area (Å²) in [6.07, 6.45) is 0.922. The van der Waals surface area contributed by atoms with Crippen LogP contribution in [0, 0.1) is 0 Å². The number of aromatic amines is 2. The van der Waals surface area contributed by atoms with Crippen molar-refractivity contribution in [3.8, 4) is 5.75 Å². The minimum absolute atomic E-state index is 0.401. The van der Waals surface area contributed by atoms with Crippen LogP contribution in [0.15, 0.2) is 40.1 Å². The van der Waals surface area contributed by atoms with Gasteiger partial charge in [0.2, 0.25) is 0 Å². The van der Waals surface area contributed by atoms with E-state index in [2.05, 4.69) is 10.3 Å². The highest BCUT2D eigenvalue weighted by Gasteiger charge is 2.14. The quantitative estimate of drug-likeness (QED) is 0.658. The van der Waals surface area contributed by atoms with Gasteiger partial charge >= 0.3 is 11.7 Å². The molecule has 9 nitrogen and oxygen atoms in total. The van der Waals surface area contributed by atoms with Crippen molar-refractivity contribution in [1.82, 2.24) is 9.97 Å². The summed E-state index contributed by atoms with van der Waals surface area (Å²) in [7, 11) is 1.52. The summed E-state index contributed by atoms with van der Waals surface area (Å²) in [4.78, 5) is 49.6. The first-order valence-electron chi connectivity index (χ1n) is 6.42. The zero-order valence-corrected chi connectivity index (χ0v) is 12.0. The summed E-state index contributed by atoms with van der Waals surface area (Å²) >= 11 is 0. The number of benzene rings is 1. The maximum absolute atomic E-state index is 11.7. The molecule has 0 atom stereocenters. The fourth-order valence-corrected chi connectivity index (χ4v) is 1.64. The van der Waals surface area contributed by atoms with Gasteiger partial charge in [-0.3, -0.25) is 14.6 Å². The van der Waals surface area contributed by atoms with E-state index < -0.39 is 35.3 Å². The molecule has 1 aromatic heterocycles. The van der Waals surface area contributed by atoms with Gasteiger partial charge in [-0.05, 0) is 24.3 Å². The molecule has 0 spiro atoms. The van der Waals surface area contributed by atoms with E-state index in [1.807, 2.05) is 4.98 Å². The van der Waals surface area contributed by atoms with Crippen LogP contribution < -0.4 is 21.3 Å². The smallest absolute Gasteiger partial charge is 0.345 e. The second-order valence-electron chi connectivity index (χ2n) is 4.34. The Morgan fingerprint density at radius 3 is 2.48 bits per heavy atom. The van der Waals surface area contributed by atoms with Crippen molar-refractivity contribution in [3.05, 3.63) is 56.9 Å². The third-order valence-electron chi connectivity index (χ3n) is 2.75. The summed E-state index contributed by atoms with van der Waals surface area (Å²) in [5.74, 6) is -0.969. The third-order valence-corrected chi connectivity index (χ3v) is 2.75. The standard InChI is InChI=1S/C14H13N3O6/c1-22-9-4-2-8(3-5-9)16-11(18)7-23-13(20)10-6-15-14(21)17-12(10)19/h2-6H,7H2,1H3,(H,16,18)(H2,15,17,19,21). The molecule has 0 aliphatic rings. The summed E-state index contributed by atoms with van der Waals surface area (Å²) in [5.41, 5.74) is -1.55. The van der Waals surface area contributed by atoms with Crippen molar-refractivity contribution in [1.29, 1.82) is 0 Å². The highest BCUT2D eigenvalue weighted by atomic mass is 16.5. The first-order valence-corrected chi connectivity index (χ1v) is 6.42. The fourth-order valence-electron chi connectivity index (χ4n) is 1.64. The maximum Gasteiger partial charge on any atom is 0.345 e. The number of carbonyl (C=O) groups excluding carboxylic acids is 2. The number of ether oxygens (including phenoxy) is 2. The van der Waals surface area contributed by atoms with Crippen molar-refractivity contribution in [2.45, 2.75) is 0 Å². The summed E-state index contributed by atoms with van der Waals surface area (Å²) in [6, 6.07) is 6.54. The van der Waals surface area contributed by atoms with Crippen molar-refractivity contribution >= 4 is 17.6 Å². The second kappa shape index (κ2) is 7.07. The summed E-state index contributed by atoms with van der Waals surface area (Å²) < 4.78 is 9.69. The van der Waals surface area contributed by atoms with E-state index in [4.69, 9.17) is 9.47 Å². The summed E-state index contributed by atoms with van der Waals surface area (Å²) in [5, 5.41) is 2.51. The first-order chi connectivity index (χ1) is 11.0. The van der Waals surface area contributed by atoms with E-state index in [-0.39, 0.29) is 0 Å². The Balaban J connectivity index is 1.91. The molecule has 1 aromatic carbocycles. The van der Waals surface area contributed by atoms with E-state index in [1.165, 1.54) is 7.11 Å². The Kier molecular flexibility index (Phi) is 4.92. The SMILES string of the molecule is COc1ccc(NC(=O)COC(=O)c2c[nH]c(=O)[nH]c2=O)cc1. The Hall–Kier alpha value is -3.36. The van der Waals surface area contributed by atoms with Gasteiger partial charge in [-0.2, -0.15) is 0 Å². The Morgan fingerprint density at radius 2 is 1.87 bits per heavy atom. The zero-order valence-electron chi connectivity index (χ0n) is 12.0. The van der Waals surface area contributed by atoms with Crippen LogP contribution in [-0.2, 0) is 9.53 Å². The van der Waals surface area contributed by atoms with Crippen LogP contribution in [0.5, 0.6) is 5.75 Å². The monoisotopic (exact) mass is 319 g/mol. The van der Waals surface area contributed by atoms with Crippen molar-refractivity contribution in [2.75, 3.05) is 19.0 Å². The molecular formula is C14H13N3O6. The van der Waals surface area contributed by atoms with Crippen LogP contribution in [0.25, 0.3) is 0 Å². The number of esters is 1. The molecular weight excluding hydrogens is 306 g/mol. The van der Waals surface area contributed by atoms with Crippen LogP contribution >= 0.6 is 0 Å². The molecule has 9 heteroatoms. The molecule has 0 saturated heterocycles. The van der Waals surface area contributed by atoms with Gasteiger partial charge in [-0.15, -0.1) is 0 Å². The molecule has 3 N–H and O–H groups in total. The van der Waals surface area contributed by atoms with E-state index in [0.29, 0.717) is 11.4 Å². The number of H-pyrrole nitrogens is 2. The lowest BCUT2D eigenvalue weighted by molar-refractivity contribution is -0.119. The molecule has 23 heavy (non-hydrogen) atoms. The molecule has 1 heterocycles. The molecule has 0 unspecified atom stereocenters. The molecule has 0 fully saturated rings. The lowest BCUT2D eigenvalue weighted by atomic mass is 10.3. The fraction of sp³-hybridized carbons (Fsp3) is 0.143. The van der Waals surface area contributed by atoms with E-state index in [1.54, 1.807) is 24.3 Å². The third kappa shape index (κ3) is 4.30. The number of hydrogen-bond donors (Lipinski definition) is 3. The lowest BCUT2D eigenvalue weighted by Crippen LogP contribution is -2.29. The highest BCUT2D eigenvalue weighted by molar-refractivity contribution is 5.95. The number of rotatable bonds is 5. The summed E-state index contributed by atoms with van der Waals surface area (Å²) in [6.45, 7) is -0.580. The Bertz CT molecular complexity index is 821. The van der Waals surface area contributed by atoms with Gasteiger partial charge in [0.15, 0.2) is 6.61 Å².